The molecule has 0 amide bonds. The van der Waals surface area contributed by atoms with E-state index < -0.39 is 0 Å². The van der Waals surface area contributed by atoms with E-state index >= 15 is 0 Å². The first-order valence-electron chi connectivity index (χ1n) is 5.75. The topological polar surface area (TPSA) is 90.5 Å². The number of aryl methyl sites for hydroxylation is 1. The number of phenolic OH excluding ortho intramolecular Hbond substituents is 1. The quantitative estimate of drug-likeness (QED) is 0.505. The maximum Gasteiger partial charge on any atom is 0.268 e. The number of fused-ring (bicyclic) bond motifs is 1. The molecule has 1 aliphatic rings. The Hall–Kier alpha value is -2.54. The van der Waals surface area contributed by atoms with Crippen molar-refractivity contribution in [1.29, 1.82) is 0 Å². The van der Waals surface area contributed by atoms with Crippen LogP contribution in [0, 0.1) is 0 Å². The number of benzene rings is 1. The Balaban J connectivity index is 2.22. The Bertz CT molecular complexity index is 677. The minimum atomic E-state index is 0.154. The van der Waals surface area contributed by atoms with Gasteiger partial charge in [0.1, 0.15) is 17.1 Å². The first-order chi connectivity index (χ1) is 9.06. The van der Waals surface area contributed by atoms with Crippen LogP contribution in [0.2, 0.25) is 0 Å². The molecule has 2 heterocycles. The molecule has 0 saturated carbocycles. The van der Waals surface area contributed by atoms with Crippen LogP contribution in [-0.2, 0) is 7.05 Å². The zero-order valence-corrected chi connectivity index (χ0v) is 10.4. The van der Waals surface area contributed by atoms with Crippen molar-refractivity contribution in [2.24, 2.45) is 12.9 Å². The number of hydrogen-bond donors (Lipinski definition) is 3. The highest BCUT2D eigenvalue weighted by Gasteiger charge is 2.29. The molecule has 98 valence electrons. The smallest absolute Gasteiger partial charge is 0.268 e. The van der Waals surface area contributed by atoms with Crippen molar-refractivity contribution in [3.8, 4) is 17.0 Å². The maximum absolute atomic E-state index is 10.0. The monoisotopic (exact) mass is 260 g/mol. The van der Waals surface area contributed by atoms with Gasteiger partial charge in [-0.3, -0.25) is 9.89 Å². The second-order valence-electron chi connectivity index (χ2n) is 4.44. The van der Waals surface area contributed by atoms with Crippen LogP contribution in [0.15, 0.2) is 24.3 Å². The van der Waals surface area contributed by atoms with E-state index in [1.54, 1.807) is 36.1 Å². The molecular weight excluding hydrogens is 246 g/mol. The van der Waals surface area contributed by atoms with Gasteiger partial charge in [-0.25, -0.2) is 5.84 Å². The zero-order valence-electron chi connectivity index (χ0n) is 10.4. The van der Waals surface area contributed by atoms with E-state index in [1.165, 1.54) is 4.68 Å². The summed E-state index contributed by atoms with van der Waals surface area (Å²) in [5.41, 5.74) is 2.61. The third kappa shape index (κ3) is 1.80. The number of phenols is 1. The summed E-state index contributed by atoms with van der Waals surface area (Å²) >= 11 is 0. The predicted octanol–water partition coefficient (Wildman–Crippen LogP) is 0.265. The number of nitrogens with zero attached hydrogens (tertiary/aromatic N) is 4. The van der Waals surface area contributed by atoms with Crippen LogP contribution in [0.1, 0.15) is 5.69 Å². The molecule has 4 N–H and O–H groups in total. The molecule has 1 aromatic carbocycles. The summed E-state index contributed by atoms with van der Waals surface area (Å²) < 4.78 is 3.01. The summed E-state index contributed by atoms with van der Waals surface area (Å²) in [5, 5.41) is 25.0. The number of hydrazine groups is 1. The number of hydrazone groups is 1. The highest BCUT2D eigenvalue weighted by Crippen LogP contribution is 2.34. The minimum Gasteiger partial charge on any atom is -0.508 e. The van der Waals surface area contributed by atoms with Crippen molar-refractivity contribution in [1.82, 2.24) is 9.78 Å². The largest absolute Gasteiger partial charge is 0.508 e. The number of anilines is 1. The maximum atomic E-state index is 10.0. The van der Waals surface area contributed by atoms with Crippen molar-refractivity contribution in [3.05, 3.63) is 30.0 Å². The third-order valence-corrected chi connectivity index (χ3v) is 3.03. The Morgan fingerprint density at radius 1 is 1.42 bits per heavy atom. The summed E-state index contributed by atoms with van der Waals surface area (Å²) in [6.07, 6.45) is 1.71. The van der Waals surface area contributed by atoms with E-state index in [4.69, 9.17) is 5.84 Å². The summed E-state index contributed by atoms with van der Waals surface area (Å²) in [6.45, 7) is 0.157. The first-order valence-corrected chi connectivity index (χ1v) is 5.75. The SMILES string of the molecule is Cn1nc(-c2cccc(O)c2)c2c1C=[N+](N)CN2O. The molecule has 1 aliphatic heterocycles. The fourth-order valence-electron chi connectivity index (χ4n) is 2.20. The van der Waals surface area contributed by atoms with Crippen LogP contribution in [0.4, 0.5) is 5.69 Å². The highest BCUT2D eigenvalue weighted by atomic mass is 16.5. The Labute approximate surface area is 109 Å². The Kier molecular flexibility index (Phi) is 2.42. The van der Waals surface area contributed by atoms with E-state index in [0.29, 0.717) is 17.1 Å². The van der Waals surface area contributed by atoms with E-state index in [9.17, 15) is 10.3 Å². The number of hydroxylamine groups is 1. The van der Waals surface area contributed by atoms with Crippen molar-refractivity contribution in [3.63, 3.8) is 0 Å². The van der Waals surface area contributed by atoms with Gasteiger partial charge in [-0.2, -0.15) is 10.2 Å². The van der Waals surface area contributed by atoms with Gasteiger partial charge in [-0.15, -0.1) is 4.68 Å². The molecule has 0 saturated heterocycles. The van der Waals surface area contributed by atoms with Crippen LogP contribution < -0.4 is 10.9 Å². The molecule has 0 aliphatic carbocycles. The normalized spacial score (nSPS) is 14.2. The Morgan fingerprint density at radius 3 is 2.95 bits per heavy atom. The lowest BCUT2D eigenvalue weighted by Gasteiger charge is -2.17. The van der Waals surface area contributed by atoms with Gasteiger partial charge in [-0.05, 0) is 12.1 Å². The standard InChI is InChI=1S/C12H13N5O2/c1-15-10-6-16(13)7-17(19)12(10)11(14-15)8-3-2-4-9(18)5-8/h2-6H,7H2,1H3,(H3-,13,14,18,19)/p+1. The molecule has 0 radical (unpaired) electrons. The molecule has 1 aromatic heterocycles. The number of nitrogens with two attached hydrogens (primary N) is 1. The van der Waals surface area contributed by atoms with Crippen LogP contribution in [-0.4, -0.2) is 37.7 Å². The molecule has 2 aromatic rings. The summed E-state index contributed by atoms with van der Waals surface area (Å²) in [4.78, 5) is 0. The minimum absolute atomic E-state index is 0.154. The lowest BCUT2D eigenvalue weighted by atomic mass is 10.1. The van der Waals surface area contributed by atoms with Gasteiger partial charge in [0.2, 0.25) is 6.21 Å². The van der Waals surface area contributed by atoms with E-state index in [2.05, 4.69) is 5.10 Å². The highest BCUT2D eigenvalue weighted by molar-refractivity contribution is 5.91. The first kappa shape index (κ1) is 11.5. The zero-order chi connectivity index (χ0) is 13.6. The molecule has 19 heavy (non-hydrogen) atoms. The van der Waals surface area contributed by atoms with Crippen molar-refractivity contribution >= 4 is 11.9 Å². The van der Waals surface area contributed by atoms with Gasteiger partial charge in [0.05, 0.1) is 0 Å². The van der Waals surface area contributed by atoms with Gasteiger partial charge >= 0.3 is 0 Å². The Morgan fingerprint density at radius 2 is 2.21 bits per heavy atom. The van der Waals surface area contributed by atoms with Crippen molar-refractivity contribution in [2.75, 3.05) is 11.7 Å². The molecule has 7 nitrogen and oxygen atoms in total. The lowest BCUT2D eigenvalue weighted by molar-refractivity contribution is -0.540. The van der Waals surface area contributed by atoms with Gasteiger partial charge in [0.15, 0.2) is 5.69 Å². The number of hydrogen-bond acceptors (Lipinski definition) is 5. The van der Waals surface area contributed by atoms with Crippen LogP contribution in [0.3, 0.4) is 0 Å². The summed E-state index contributed by atoms with van der Waals surface area (Å²) in [6, 6.07) is 6.74. The molecule has 0 fully saturated rings. The predicted molar refractivity (Wildman–Crippen MR) is 69.1 cm³/mol. The third-order valence-electron chi connectivity index (χ3n) is 3.03. The molecule has 0 spiro atoms. The van der Waals surface area contributed by atoms with Gasteiger partial charge in [-0.1, -0.05) is 12.1 Å². The molecular formula is C12H14N5O2+. The lowest BCUT2D eigenvalue weighted by Crippen LogP contribution is -2.38. The fraction of sp³-hybridized carbons (Fsp3) is 0.167. The van der Waals surface area contributed by atoms with Crippen molar-refractivity contribution < 1.29 is 15.0 Å². The fourth-order valence-corrected chi connectivity index (χ4v) is 2.20. The van der Waals surface area contributed by atoms with E-state index in [0.717, 1.165) is 10.6 Å². The van der Waals surface area contributed by atoms with Crippen LogP contribution in [0.25, 0.3) is 11.3 Å². The molecule has 3 rings (SSSR count). The molecule has 0 atom stereocenters. The average Bonchev–Trinajstić information content (AvgIpc) is 2.67. The number of aromatic hydroxyl groups is 1. The second-order valence-corrected chi connectivity index (χ2v) is 4.44. The molecule has 0 bridgehead atoms. The number of rotatable bonds is 1. The van der Waals surface area contributed by atoms with E-state index in [-0.39, 0.29) is 12.4 Å². The second kappa shape index (κ2) is 3.99. The van der Waals surface area contributed by atoms with Crippen LogP contribution >= 0.6 is 0 Å². The summed E-state index contributed by atoms with van der Waals surface area (Å²) in [7, 11) is 1.77. The van der Waals surface area contributed by atoms with Crippen LogP contribution in [0.5, 0.6) is 5.75 Å². The van der Waals surface area contributed by atoms with Gasteiger partial charge in [0, 0.05) is 12.6 Å². The van der Waals surface area contributed by atoms with E-state index in [1.807, 2.05) is 6.07 Å². The molecule has 7 heteroatoms. The summed E-state index contributed by atoms with van der Waals surface area (Å²) in [5.74, 6) is 5.83. The van der Waals surface area contributed by atoms with Crippen molar-refractivity contribution in [2.45, 2.75) is 0 Å². The van der Waals surface area contributed by atoms with Gasteiger partial charge < -0.3 is 5.11 Å². The number of aromatic nitrogens is 2. The molecule has 0 unspecified atom stereocenters. The van der Waals surface area contributed by atoms with Gasteiger partial charge in [0.25, 0.3) is 6.67 Å². The average molecular weight is 260 g/mol.